The van der Waals surface area contributed by atoms with Gasteiger partial charge in [0.1, 0.15) is 18.1 Å². The van der Waals surface area contributed by atoms with E-state index in [-0.39, 0.29) is 6.10 Å². The van der Waals surface area contributed by atoms with Crippen LogP contribution in [0.5, 0.6) is 0 Å². The van der Waals surface area contributed by atoms with Crippen molar-refractivity contribution in [3.63, 3.8) is 0 Å². The zero-order valence-electron chi connectivity index (χ0n) is 9.45. The van der Waals surface area contributed by atoms with Gasteiger partial charge in [-0.3, -0.25) is 0 Å². The number of nitrogens with zero attached hydrogens (tertiary/aromatic N) is 1. The smallest absolute Gasteiger partial charge is 0.198 e. The topological polar surface area (TPSA) is 47.3 Å². The van der Waals surface area contributed by atoms with E-state index in [1.54, 1.807) is 6.26 Å². The lowest BCUT2D eigenvalue weighted by Gasteiger charge is -2.20. The summed E-state index contributed by atoms with van der Waals surface area (Å²) in [6.45, 7) is 2.92. The van der Waals surface area contributed by atoms with Crippen LogP contribution in [0.3, 0.4) is 0 Å². The van der Waals surface area contributed by atoms with Crippen LogP contribution in [0, 0.1) is 0 Å². The van der Waals surface area contributed by atoms with Crippen LogP contribution in [-0.2, 0) is 4.74 Å². The minimum absolute atomic E-state index is 0.167. The number of hydrogen-bond acceptors (Lipinski definition) is 4. The molecule has 1 aromatic rings. The van der Waals surface area contributed by atoms with E-state index in [0.29, 0.717) is 5.92 Å². The molecule has 2 atom stereocenters. The molecule has 3 heterocycles. The number of rotatable bonds is 2. The molecule has 0 aromatic carbocycles. The quantitative estimate of drug-likeness (QED) is 0.831. The third-order valence-corrected chi connectivity index (χ3v) is 3.46. The van der Waals surface area contributed by atoms with E-state index in [1.165, 1.54) is 12.8 Å². The first kappa shape index (κ1) is 10.3. The van der Waals surface area contributed by atoms with Gasteiger partial charge in [0.05, 0.1) is 0 Å². The van der Waals surface area contributed by atoms with Gasteiger partial charge >= 0.3 is 0 Å². The van der Waals surface area contributed by atoms with Crippen LogP contribution in [0.1, 0.15) is 49.3 Å². The minimum atomic E-state index is 0.167. The number of nitrogens with one attached hydrogen (secondary N) is 1. The van der Waals surface area contributed by atoms with Gasteiger partial charge in [-0.15, -0.1) is 0 Å². The van der Waals surface area contributed by atoms with Crippen molar-refractivity contribution in [1.82, 2.24) is 10.3 Å². The molecule has 1 aromatic heterocycles. The number of hydrogen-bond donors (Lipinski definition) is 1. The molecule has 2 aliphatic rings. The van der Waals surface area contributed by atoms with Crippen molar-refractivity contribution in [3.8, 4) is 0 Å². The Morgan fingerprint density at radius 1 is 1.31 bits per heavy atom. The summed E-state index contributed by atoms with van der Waals surface area (Å²) in [5.41, 5.74) is 0.988. The molecular weight excluding hydrogens is 204 g/mol. The van der Waals surface area contributed by atoms with Crippen LogP contribution in [-0.4, -0.2) is 24.7 Å². The van der Waals surface area contributed by atoms with Crippen LogP contribution >= 0.6 is 0 Å². The third-order valence-electron chi connectivity index (χ3n) is 3.46. The molecule has 0 aliphatic carbocycles. The molecule has 16 heavy (non-hydrogen) atoms. The lowest BCUT2D eigenvalue weighted by atomic mass is 10.1. The van der Waals surface area contributed by atoms with Crippen LogP contribution in [0.15, 0.2) is 10.7 Å². The second kappa shape index (κ2) is 4.55. The number of ether oxygens (including phenoxy) is 1. The largest absolute Gasteiger partial charge is 0.448 e. The molecule has 1 N–H and O–H groups in total. The lowest BCUT2D eigenvalue weighted by molar-refractivity contribution is 0.0122. The van der Waals surface area contributed by atoms with E-state index in [9.17, 15) is 0 Å². The molecule has 88 valence electrons. The molecular formula is C12H18N2O2. The number of aromatic nitrogens is 1. The van der Waals surface area contributed by atoms with Gasteiger partial charge in [-0.1, -0.05) is 0 Å². The Balaban J connectivity index is 1.71. The van der Waals surface area contributed by atoms with Crippen molar-refractivity contribution in [2.45, 2.75) is 37.7 Å². The number of oxazole rings is 1. The predicted octanol–water partition coefficient (Wildman–Crippen LogP) is 1.99. The van der Waals surface area contributed by atoms with Crippen LogP contribution in [0.4, 0.5) is 0 Å². The van der Waals surface area contributed by atoms with E-state index < -0.39 is 0 Å². The van der Waals surface area contributed by atoms with Gasteiger partial charge in [0, 0.05) is 19.1 Å². The molecule has 0 amide bonds. The Bertz CT molecular complexity index is 339. The fraction of sp³-hybridized carbons (Fsp3) is 0.750. The molecule has 0 bridgehead atoms. The Hall–Kier alpha value is -0.870. The van der Waals surface area contributed by atoms with Crippen LogP contribution < -0.4 is 5.32 Å². The molecule has 3 rings (SSSR count). The summed E-state index contributed by atoms with van der Waals surface area (Å²) in [6.07, 6.45) is 6.57. The van der Waals surface area contributed by atoms with Gasteiger partial charge in [0.25, 0.3) is 0 Å². The van der Waals surface area contributed by atoms with Crippen molar-refractivity contribution in [2.24, 2.45) is 0 Å². The highest BCUT2D eigenvalue weighted by Crippen LogP contribution is 2.29. The highest BCUT2D eigenvalue weighted by Gasteiger charge is 2.25. The lowest BCUT2D eigenvalue weighted by Crippen LogP contribution is -2.12. The van der Waals surface area contributed by atoms with E-state index in [4.69, 9.17) is 9.15 Å². The van der Waals surface area contributed by atoms with Gasteiger partial charge < -0.3 is 14.5 Å². The first-order chi connectivity index (χ1) is 7.93. The van der Waals surface area contributed by atoms with Crippen molar-refractivity contribution < 1.29 is 9.15 Å². The Labute approximate surface area is 95.4 Å². The summed E-state index contributed by atoms with van der Waals surface area (Å²) in [6, 6.07) is 0. The molecule has 4 nitrogen and oxygen atoms in total. The summed E-state index contributed by atoms with van der Waals surface area (Å²) >= 11 is 0. The Morgan fingerprint density at radius 3 is 3.06 bits per heavy atom. The minimum Gasteiger partial charge on any atom is -0.448 e. The Kier molecular flexibility index (Phi) is 2.93. The fourth-order valence-corrected chi connectivity index (χ4v) is 2.48. The van der Waals surface area contributed by atoms with Crippen molar-refractivity contribution in [2.75, 3.05) is 19.7 Å². The van der Waals surface area contributed by atoms with Crippen molar-refractivity contribution in [3.05, 3.63) is 17.8 Å². The zero-order chi connectivity index (χ0) is 10.8. The van der Waals surface area contributed by atoms with E-state index in [1.807, 2.05) is 0 Å². The fourth-order valence-electron chi connectivity index (χ4n) is 2.48. The third kappa shape index (κ3) is 1.99. The summed E-state index contributed by atoms with van der Waals surface area (Å²) in [4.78, 5) is 4.58. The van der Waals surface area contributed by atoms with E-state index in [2.05, 4.69) is 10.3 Å². The van der Waals surface area contributed by atoms with Gasteiger partial charge in [-0.2, -0.15) is 0 Å². The second-order valence-corrected chi connectivity index (χ2v) is 4.66. The summed E-state index contributed by atoms with van der Waals surface area (Å²) in [5.74, 6) is 1.34. The molecule has 2 aliphatic heterocycles. The normalized spacial score (nSPS) is 30.8. The highest BCUT2D eigenvalue weighted by atomic mass is 16.5. The van der Waals surface area contributed by atoms with E-state index in [0.717, 1.165) is 44.1 Å². The zero-order valence-corrected chi connectivity index (χ0v) is 9.45. The molecule has 2 fully saturated rings. The second-order valence-electron chi connectivity index (χ2n) is 4.66. The maximum atomic E-state index is 5.70. The van der Waals surface area contributed by atoms with Gasteiger partial charge in [-0.05, 0) is 32.2 Å². The SMILES string of the molecule is c1oc(C2CCNC2)nc1C1CCCCO1. The summed E-state index contributed by atoms with van der Waals surface area (Å²) < 4.78 is 11.3. The van der Waals surface area contributed by atoms with Gasteiger partial charge in [0.15, 0.2) is 5.89 Å². The van der Waals surface area contributed by atoms with Gasteiger partial charge in [0.2, 0.25) is 0 Å². The summed E-state index contributed by atoms with van der Waals surface area (Å²) in [5, 5.41) is 3.33. The first-order valence-corrected chi connectivity index (χ1v) is 6.21. The van der Waals surface area contributed by atoms with Gasteiger partial charge in [-0.25, -0.2) is 4.98 Å². The molecule has 0 saturated carbocycles. The summed E-state index contributed by atoms with van der Waals surface area (Å²) in [7, 11) is 0. The maximum absolute atomic E-state index is 5.70. The van der Waals surface area contributed by atoms with E-state index >= 15 is 0 Å². The standard InChI is InChI=1S/C12H18N2O2/c1-2-6-15-11(3-1)10-8-16-12(14-10)9-4-5-13-7-9/h8-9,11,13H,1-7H2. The first-order valence-electron chi connectivity index (χ1n) is 6.21. The average Bonchev–Trinajstić information content (AvgIpc) is 3.01. The van der Waals surface area contributed by atoms with Crippen LogP contribution in [0.25, 0.3) is 0 Å². The average molecular weight is 222 g/mol. The van der Waals surface area contributed by atoms with Crippen molar-refractivity contribution in [1.29, 1.82) is 0 Å². The monoisotopic (exact) mass is 222 g/mol. The maximum Gasteiger partial charge on any atom is 0.198 e. The molecule has 0 radical (unpaired) electrons. The molecule has 4 heteroatoms. The molecule has 2 saturated heterocycles. The molecule has 0 spiro atoms. The van der Waals surface area contributed by atoms with Crippen LogP contribution in [0.2, 0.25) is 0 Å². The highest BCUT2D eigenvalue weighted by molar-refractivity contribution is 5.06. The Morgan fingerprint density at radius 2 is 2.31 bits per heavy atom. The predicted molar refractivity (Wildman–Crippen MR) is 59.3 cm³/mol. The van der Waals surface area contributed by atoms with Crippen molar-refractivity contribution >= 4 is 0 Å². The molecule has 2 unspecified atom stereocenters.